The van der Waals surface area contributed by atoms with Gasteiger partial charge in [0.2, 0.25) is 0 Å². The van der Waals surface area contributed by atoms with Gasteiger partial charge in [0.1, 0.15) is 13.2 Å². The van der Waals surface area contributed by atoms with Crippen molar-refractivity contribution in [2.45, 2.75) is 6.04 Å². The Kier molecular flexibility index (Phi) is 1.84. The highest BCUT2D eigenvalue weighted by molar-refractivity contribution is 6.55. The Labute approximate surface area is 92.4 Å². The quantitative estimate of drug-likeness (QED) is 0.596. The summed E-state index contributed by atoms with van der Waals surface area (Å²) in [5.41, 5.74) is 0.692. The van der Waals surface area contributed by atoms with Crippen molar-refractivity contribution in [1.82, 2.24) is 0 Å². The van der Waals surface area contributed by atoms with Gasteiger partial charge in [0, 0.05) is 6.04 Å². The summed E-state index contributed by atoms with van der Waals surface area (Å²) in [4.78, 5) is 12.8. The van der Waals surface area contributed by atoms with E-state index in [1.54, 1.807) is 18.2 Å². The summed E-state index contributed by atoms with van der Waals surface area (Å²) in [6.45, 7) is 0.977. The Morgan fingerprint density at radius 3 is 2.67 bits per heavy atom. The Balaban J connectivity index is 2.18. The van der Waals surface area contributed by atoms with Crippen LogP contribution in [0, 0.1) is 0 Å². The topological polar surface area (TPSA) is 79.2 Å². The van der Waals surface area contributed by atoms with E-state index < -0.39 is 8.80 Å². The minimum atomic E-state index is -3.60. The molecule has 1 aliphatic heterocycles. The van der Waals surface area contributed by atoms with Crippen LogP contribution in [0.2, 0.25) is 0 Å². The van der Waals surface area contributed by atoms with E-state index in [4.69, 9.17) is 13.8 Å². The van der Waals surface area contributed by atoms with Crippen molar-refractivity contribution in [3.8, 4) is 11.5 Å². The zero-order valence-corrected chi connectivity index (χ0v) is 8.89. The van der Waals surface area contributed by atoms with Crippen molar-refractivity contribution < 1.29 is 23.9 Å². The van der Waals surface area contributed by atoms with Crippen LogP contribution < -0.4 is 9.47 Å². The predicted molar refractivity (Wildman–Crippen MR) is 53.5 cm³/mol. The summed E-state index contributed by atoms with van der Waals surface area (Å²) in [5, 5.41) is 0. The molecule has 5 nitrogen and oxygen atoms in total. The Morgan fingerprint density at radius 2 is 1.93 bits per heavy atom. The average Bonchev–Trinajstić information content (AvgIpc) is 2.45. The lowest BCUT2D eigenvalue weighted by molar-refractivity contribution is 0.171. The number of benzene rings is 1. The second-order valence-corrected chi connectivity index (χ2v) is 5.06. The lowest BCUT2D eigenvalue weighted by atomic mass is 10.2. The molecule has 15 heavy (non-hydrogen) atoms. The fraction of sp³-hybridized carbons (Fsp3) is 0.333. The van der Waals surface area contributed by atoms with E-state index >= 15 is 0 Å². The Morgan fingerprint density at radius 1 is 1.20 bits per heavy atom. The molecule has 0 radical (unpaired) electrons. The monoisotopic (exact) mass is 234 g/mol. The number of fused-ring (bicyclic) bond motifs is 1. The molecular weight excluding hydrogens is 216 g/mol. The molecule has 1 heterocycles. The van der Waals surface area contributed by atoms with Crippen molar-refractivity contribution in [2.75, 3.05) is 13.2 Å². The molecular formula is C9H12O5Si. The largest absolute Gasteiger partial charge is 0.497 e. The normalized spacial score (nSPS) is 17.7. The molecule has 6 heteroatoms. The van der Waals surface area contributed by atoms with E-state index in [0.717, 1.165) is 0 Å². The summed E-state index contributed by atoms with van der Waals surface area (Å²) in [6, 6.07) is 5.20. The molecule has 0 aliphatic carbocycles. The van der Waals surface area contributed by atoms with Crippen molar-refractivity contribution in [3.63, 3.8) is 0 Å². The van der Waals surface area contributed by atoms with Crippen LogP contribution in [0.3, 0.4) is 0 Å². The maximum Gasteiger partial charge on any atom is 0.497 e. The average molecular weight is 234 g/mol. The molecule has 3 N–H and O–H groups in total. The van der Waals surface area contributed by atoms with Gasteiger partial charge in [0.05, 0.1) is 0 Å². The van der Waals surface area contributed by atoms with Crippen LogP contribution in [-0.2, 0) is 6.04 Å². The molecule has 0 unspecified atom stereocenters. The first-order chi connectivity index (χ1) is 8.73. The lowest BCUT2D eigenvalue weighted by Crippen LogP contribution is -2.37. The molecule has 0 amide bonds. The maximum absolute atomic E-state index is 6.86. The minimum absolute atomic E-state index is 0.0418. The highest BCUT2D eigenvalue weighted by atomic mass is 28.4. The zero-order chi connectivity index (χ0) is 13.0. The van der Waals surface area contributed by atoms with Crippen molar-refractivity contribution >= 4 is 8.80 Å². The van der Waals surface area contributed by atoms with E-state index in [1.807, 2.05) is 0 Å². The minimum Gasteiger partial charge on any atom is -0.486 e. The predicted octanol–water partition coefficient (Wildman–Crippen LogP) is -0.545. The standard InChI is InChI=1S/C9H12O5Si/c10-15(11,12)6-7-1-2-8-9(5-7)14-4-3-13-8/h1-2,5,10-12H,3-4,6H2/i10T,11T,12T. The van der Waals surface area contributed by atoms with Crippen LogP contribution in [-0.4, -0.2) is 40.7 Å². The molecule has 0 bridgehead atoms. The SMILES string of the molecule is [3H]O[Si](Cc1ccc2c(c1)OCCO2)(O[3H])O[3H]. The van der Waals surface area contributed by atoms with Gasteiger partial charge in [-0.05, 0) is 17.7 Å². The molecule has 0 saturated carbocycles. The Hall–Kier alpha value is -1.08. The van der Waals surface area contributed by atoms with E-state index in [-0.39, 0.29) is 6.04 Å². The van der Waals surface area contributed by atoms with Crippen molar-refractivity contribution in [2.24, 2.45) is 0 Å². The molecule has 1 aromatic carbocycles. The van der Waals surface area contributed by atoms with Crippen molar-refractivity contribution in [3.05, 3.63) is 23.8 Å². The van der Waals surface area contributed by atoms with Gasteiger partial charge in [-0.3, -0.25) is 0 Å². The summed E-state index contributed by atoms with van der Waals surface area (Å²) < 4.78 is 31.4. The van der Waals surface area contributed by atoms with Crippen LogP contribution in [0.25, 0.3) is 0 Å². The molecule has 0 saturated heterocycles. The lowest BCUT2D eigenvalue weighted by Gasteiger charge is -2.19. The van der Waals surface area contributed by atoms with Gasteiger partial charge in [-0.2, -0.15) is 0 Å². The smallest absolute Gasteiger partial charge is 0.486 e. The van der Waals surface area contributed by atoms with Crippen LogP contribution in [0.4, 0.5) is 0 Å². The van der Waals surface area contributed by atoms with Gasteiger partial charge < -0.3 is 23.9 Å². The third kappa shape index (κ3) is 2.69. The maximum atomic E-state index is 6.86. The van der Waals surface area contributed by atoms with Gasteiger partial charge in [0.25, 0.3) is 0 Å². The van der Waals surface area contributed by atoms with Gasteiger partial charge in [-0.15, -0.1) is 0 Å². The number of ether oxygens (including phenoxy) is 2. The highest BCUT2D eigenvalue weighted by Gasteiger charge is 2.27. The molecule has 0 spiro atoms. The van der Waals surface area contributed by atoms with E-state index in [2.05, 4.69) is 14.4 Å². The fourth-order valence-electron chi connectivity index (χ4n) is 1.45. The summed E-state index contributed by atoms with van der Waals surface area (Å²) >= 11 is 0. The van der Waals surface area contributed by atoms with E-state index in [0.29, 0.717) is 30.3 Å². The molecule has 0 atom stereocenters. The highest BCUT2D eigenvalue weighted by Crippen LogP contribution is 2.31. The van der Waals surface area contributed by atoms with Gasteiger partial charge in [-0.1, -0.05) is 6.07 Å². The Bertz CT molecular complexity index is 407. The summed E-state index contributed by atoms with van der Waals surface area (Å²) in [7, 11) is -3.60. The summed E-state index contributed by atoms with van der Waals surface area (Å²) in [5.74, 6) is 1.23. The molecule has 2 rings (SSSR count). The third-order valence-electron chi connectivity index (χ3n) is 2.03. The van der Waals surface area contributed by atoms with Crippen LogP contribution >= 0.6 is 0 Å². The number of hydrogen-bond acceptors (Lipinski definition) is 5. The van der Waals surface area contributed by atoms with Gasteiger partial charge >= 0.3 is 8.80 Å². The summed E-state index contributed by atoms with van der Waals surface area (Å²) in [6.07, 6.45) is 0. The van der Waals surface area contributed by atoms with Crippen molar-refractivity contribution in [1.29, 1.82) is 4.29 Å². The first kappa shape index (κ1) is 7.23. The third-order valence-corrected chi connectivity index (χ3v) is 2.87. The van der Waals surface area contributed by atoms with Crippen LogP contribution in [0.5, 0.6) is 11.5 Å². The molecule has 1 aromatic rings. The second-order valence-electron chi connectivity index (χ2n) is 3.34. The second kappa shape index (κ2) is 3.82. The van der Waals surface area contributed by atoms with Gasteiger partial charge in [-0.25, -0.2) is 0 Å². The first-order valence-corrected chi connectivity index (χ1v) is 6.47. The first-order valence-electron chi connectivity index (χ1n) is 5.77. The van der Waals surface area contributed by atoms with Crippen LogP contribution in [0.1, 0.15) is 5.56 Å². The number of hydrogen-bond donors (Lipinski definition) is 3. The molecule has 82 valence electrons. The van der Waals surface area contributed by atoms with Gasteiger partial charge in [0.15, 0.2) is 15.8 Å². The number of rotatable bonds is 5. The van der Waals surface area contributed by atoms with Crippen LogP contribution in [0.15, 0.2) is 18.2 Å². The van der Waals surface area contributed by atoms with E-state index in [9.17, 15) is 0 Å². The fourth-order valence-corrected chi connectivity index (χ4v) is 2.17. The zero-order valence-electron chi connectivity index (χ0n) is 10.9. The molecule has 0 aromatic heterocycles. The molecule has 0 fully saturated rings. The van der Waals surface area contributed by atoms with E-state index in [1.165, 1.54) is 0 Å². The molecule has 1 aliphatic rings.